The second kappa shape index (κ2) is 8.80. The van der Waals surface area contributed by atoms with Gasteiger partial charge < -0.3 is 14.6 Å². The maximum Gasteiger partial charge on any atom is 0.310 e. The van der Waals surface area contributed by atoms with E-state index in [0.29, 0.717) is 5.76 Å². The molecule has 0 radical (unpaired) electrons. The van der Waals surface area contributed by atoms with Gasteiger partial charge in [0, 0.05) is 12.1 Å². The first-order chi connectivity index (χ1) is 12.3. The minimum Gasteiger partial charge on any atom is -0.451 e. The molecule has 0 atom stereocenters. The second-order valence-corrected chi connectivity index (χ2v) is 6.38. The van der Waals surface area contributed by atoms with Gasteiger partial charge in [0.15, 0.2) is 5.76 Å². The van der Waals surface area contributed by atoms with E-state index in [2.05, 4.69) is 22.3 Å². The molecule has 2 heterocycles. The van der Waals surface area contributed by atoms with Gasteiger partial charge in [0.25, 0.3) is 0 Å². The van der Waals surface area contributed by atoms with Crippen molar-refractivity contribution in [3.63, 3.8) is 0 Å². The number of hydroxylamine groups is 1. The van der Waals surface area contributed by atoms with Gasteiger partial charge in [-0.1, -0.05) is 24.3 Å². The number of carbonyl (C=O) groups is 1. The molecule has 0 unspecified atom stereocenters. The normalized spacial score (nSPS) is 14.8. The van der Waals surface area contributed by atoms with E-state index < -0.39 is 5.91 Å². The van der Waals surface area contributed by atoms with E-state index >= 15 is 0 Å². The molecular formula is C19H25N3O3. The minimum atomic E-state index is -0.652. The third kappa shape index (κ3) is 4.92. The van der Waals surface area contributed by atoms with Gasteiger partial charge in [-0.15, -0.1) is 0 Å². The van der Waals surface area contributed by atoms with Gasteiger partial charge in [-0.25, -0.2) is 5.48 Å². The van der Waals surface area contributed by atoms with Gasteiger partial charge in [0.2, 0.25) is 0 Å². The fourth-order valence-electron chi connectivity index (χ4n) is 3.12. The Hall–Kier alpha value is -2.15. The van der Waals surface area contributed by atoms with Gasteiger partial charge >= 0.3 is 5.91 Å². The number of furan rings is 1. The maximum absolute atomic E-state index is 11.3. The smallest absolute Gasteiger partial charge is 0.310 e. The molecule has 0 saturated carbocycles. The molecule has 1 aliphatic heterocycles. The lowest BCUT2D eigenvalue weighted by atomic mass is 10.1. The van der Waals surface area contributed by atoms with Crippen molar-refractivity contribution in [2.75, 3.05) is 26.2 Å². The van der Waals surface area contributed by atoms with Crippen LogP contribution in [-0.4, -0.2) is 42.2 Å². The van der Waals surface area contributed by atoms with Crippen molar-refractivity contribution in [1.82, 2.24) is 15.7 Å². The first-order valence-electron chi connectivity index (χ1n) is 8.83. The van der Waals surface area contributed by atoms with E-state index in [0.717, 1.165) is 18.7 Å². The molecule has 1 aliphatic rings. The summed E-state index contributed by atoms with van der Waals surface area (Å²) in [6, 6.07) is 11.3. The molecule has 3 N–H and O–H groups in total. The highest BCUT2D eigenvalue weighted by molar-refractivity contribution is 5.91. The summed E-state index contributed by atoms with van der Waals surface area (Å²) in [5.74, 6) is 0.0333. The first kappa shape index (κ1) is 17.7. The highest BCUT2D eigenvalue weighted by atomic mass is 16.5. The summed E-state index contributed by atoms with van der Waals surface area (Å²) in [6.07, 6.45) is 3.88. The van der Waals surface area contributed by atoms with Crippen LogP contribution >= 0.6 is 0 Å². The van der Waals surface area contributed by atoms with Crippen LogP contribution in [0.15, 0.2) is 40.8 Å². The van der Waals surface area contributed by atoms with Gasteiger partial charge in [0.05, 0.1) is 0 Å². The molecule has 2 aromatic rings. The number of carbonyl (C=O) groups excluding carboxylic acids is 1. The van der Waals surface area contributed by atoms with E-state index in [-0.39, 0.29) is 5.76 Å². The molecule has 25 heavy (non-hydrogen) atoms. The predicted octanol–water partition coefficient (Wildman–Crippen LogP) is 2.64. The van der Waals surface area contributed by atoms with Crippen LogP contribution in [-0.2, 0) is 6.54 Å². The Kier molecular flexibility index (Phi) is 6.22. The summed E-state index contributed by atoms with van der Waals surface area (Å²) in [5.41, 5.74) is 3.67. The van der Waals surface area contributed by atoms with Gasteiger partial charge in [-0.05, 0) is 63.1 Å². The molecule has 6 nitrogen and oxygen atoms in total. The van der Waals surface area contributed by atoms with Crippen LogP contribution in [0.25, 0.3) is 11.3 Å². The number of hydrogen-bond donors (Lipinski definition) is 3. The minimum absolute atomic E-state index is 0.0845. The topological polar surface area (TPSA) is 77.7 Å². The number of nitrogens with zero attached hydrogens (tertiary/aromatic N) is 1. The number of rotatable bonds is 8. The van der Waals surface area contributed by atoms with Crippen molar-refractivity contribution in [3.05, 3.63) is 47.7 Å². The number of benzene rings is 1. The zero-order valence-corrected chi connectivity index (χ0v) is 14.3. The zero-order chi connectivity index (χ0) is 17.5. The van der Waals surface area contributed by atoms with E-state index in [4.69, 9.17) is 9.62 Å². The zero-order valence-electron chi connectivity index (χ0n) is 14.3. The molecule has 0 bridgehead atoms. The Bertz CT molecular complexity index is 675. The van der Waals surface area contributed by atoms with Crippen LogP contribution in [0.2, 0.25) is 0 Å². The highest BCUT2D eigenvalue weighted by Gasteiger charge is 2.11. The molecular weight excluding hydrogens is 318 g/mol. The van der Waals surface area contributed by atoms with Crippen LogP contribution in [0.5, 0.6) is 0 Å². The quantitative estimate of drug-likeness (QED) is 0.390. The van der Waals surface area contributed by atoms with E-state index in [1.165, 1.54) is 50.5 Å². The van der Waals surface area contributed by atoms with Gasteiger partial charge in [-0.3, -0.25) is 10.0 Å². The summed E-state index contributed by atoms with van der Waals surface area (Å²) < 4.78 is 5.43. The summed E-state index contributed by atoms with van der Waals surface area (Å²) in [5, 5.41) is 12.1. The number of hydrogen-bond acceptors (Lipinski definition) is 5. The van der Waals surface area contributed by atoms with Crippen LogP contribution in [0.3, 0.4) is 0 Å². The van der Waals surface area contributed by atoms with Crippen molar-refractivity contribution < 1.29 is 14.4 Å². The fraction of sp³-hybridized carbons (Fsp3) is 0.421. The van der Waals surface area contributed by atoms with Crippen LogP contribution < -0.4 is 10.8 Å². The van der Waals surface area contributed by atoms with E-state index in [9.17, 15) is 4.79 Å². The molecule has 0 spiro atoms. The second-order valence-electron chi connectivity index (χ2n) is 6.38. The lowest BCUT2D eigenvalue weighted by Gasteiger charge is -2.14. The third-order valence-corrected chi connectivity index (χ3v) is 4.53. The first-order valence-corrected chi connectivity index (χ1v) is 8.83. The number of nitrogens with one attached hydrogen (secondary N) is 2. The van der Waals surface area contributed by atoms with Crippen LogP contribution in [0.1, 0.15) is 35.4 Å². The Balaban J connectivity index is 1.43. The lowest BCUT2D eigenvalue weighted by molar-refractivity contribution is 0.0677. The third-order valence-electron chi connectivity index (χ3n) is 4.53. The molecule has 1 aromatic carbocycles. The van der Waals surface area contributed by atoms with Crippen molar-refractivity contribution in [3.8, 4) is 11.3 Å². The molecule has 1 fully saturated rings. The molecule has 1 aromatic heterocycles. The van der Waals surface area contributed by atoms with Crippen molar-refractivity contribution in [1.29, 1.82) is 0 Å². The standard InChI is InChI=1S/C19H25N3O3/c23-19(21-24)18-9-8-17(25-18)16-6-4-15(5-7-16)14-20-10-3-13-22-11-1-2-12-22/h4-9,20,24H,1-3,10-14H2,(H,21,23). The molecule has 3 rings (SSSR count). The highest BCUT2D eigenvalue weighted by Crippen LogP contribution is 2.22. The van der Waals surface area contributed by atoms with E-state index in [1.54, 1.807) is 11.5 Å². The average molecular weight is 343 g/mol. The molecule has 1 saturated heterocycles. The average Bonchev–Trinajstić information content (AvgIpc) is 3.33. The molecule has 1 amide bonds. The lowest BCUT2D eigenvalue weighted by Crippen LogP contribution is -2.24. The van der Waals surface area contributed by atoms with Gasteiger partial charge in [-0.2, -0.15) is 0 Å². The SMILES string of the molecule is O=C(NO)c1ccc(-c2ccc(CNCCCN3CCCC3)cc2)o1. The molecule has 134 valence electrons. The van der Waals surface area contributed by atoms with Crippen LogP contribution in [0, 0.1) is 0 Å². The monoisotopic (exact) mass is 343 g/mol. The summed E-state index contributed by atoms with van der Waals surface area (Å²) in [4.78, 5) is 13.8. The van der Waals surface area contributed by atoms with Crippen molar-refractivity contribution >= 4 is 5.91 Å². The summed E-state index contributed by atoms with van der Waals surface area (Å²) in [6.45, 7) is 5.58. The summed E-state index contributed by atoms with van der Waals surface area (Å²) >= 11 is 0. The Morgan fingerprint density at radius 2 is 1.88 bits per heavy atom. The Labute approximate surface area is 147 Å². The molecule has 6 heteroatoms. The molecule has 0 aliphatic carbocycles. The summed E-state index contributed by atoms with van der Waals surface area (Å²) in [7, 11) is 0. The van der Waals surface area contributed by atoms with Gasteiger partial charge in [0.1, 0.15) is 5.76 Å². The fourth-order valence-corrected chi connectivity index (χ4v) is 3.12. The predicted molar refractivity (Wildman–Crippen MR) is 95.4 cm³/mol. The maximum atomic E-state index is 11.3. The Morgan fingerprint density at radius 1 is 1.12 bits per heavy atom. The largest absolute Gasteiger partial charge is 0.451 e. The van der Waals surface area contributed by atoms with Crippen molar-refractivity contribution in [2.24, 2.45) is 0 Å². The Morgan fingerprint density at radius 3 is 2.60 bits per heavy atom. The van der Waals surface area contributed by atoms with Crippen molar-refractivity contribution in [2.45, 2.75) is 25.8 Å². The van der Waals surface area contributed by atoms with Crippen LogP contribution in [0.4, 0.5) is 0 Å². The number of amides is 1. The number of likely N-dealkylation sites (tertiary alicyclic amines) is 1. The van der Waals surface area contributed by atoms with E-state index in [1.807, 2.05) is 12.1 Å².